The van der Waals surface area contributed by atoms with Crippen LogP contribution in [0.2, 0.25) is 0 Å². The van der Waals surface area contributed by atoms with Crippen LogP contribution in [0.4, 0.5) is 5.69 Å². The van der Waals surface area contributed by atoms with Gasteiger partial charge >= 0.3 is 0 Å². The first-order valence-corrected chi connectivity index (χ1v) is 15.0. The Kier molecular flexibility index (Phi) is 9.96. The smallest absolute Gasteiger partial charge is 0.264 e. The molecule has 0 spiro atoms. The molecule has 0 unspecified atom stereocenters. The number of amides is 2. The predicted octanol–water partition coefficient (Wildman–Crippen LogP) is 5.51. The molecule has 0 saturated carbocycles. The van der Waals surface area contributed by atoms with Crippen molar-refractivity contribution in [1.82, 2.24) is 10.2 Å². The maximum absolute atomic E-state index is 14.0. The van der Waals surface area contributed by atoms with Crippen molar-refractivity contribution >= 4 is 43.5 Å². The van der Waals surface area contributed by atoms with E-state index in [1.807, 2.05) is 65.0 Å². The van der Waals surface area contributed by atoms with Gasteiger partial charge in [-0.25, -0.2) is 8.42 Å². The molecule has 0 fully saturated rings. The average Bonchev–Trinajstić information content (AvgIpc) is 2.88. The molecular weight excluding hydrogens is 578 g/mol. The summed E-state index contributed by atoms with van der Waals surface area (Å²) in [7, 11) is -4.10. The lowest BCUT2D eigenvalue weighted by Gasteiger charge is -2.33. The topological polar surface area (TPSA) is 86.8 Å². The molecule has 7 nitrogen and oxygen atoms in total. The van der Waals surface area contributed by atoms with Gasteiger partial charge in [0, 0.05) is 17.1 Å². The van der Waals surface area contributed by atoms with E-state index in [0.717, 1.165) is 31.0 Å². The summed E-state index contributed by atoms with van der Waals surface area (Å²) in [4.78, 5) is 28.5. The fourth-order valence-electron chi connectivity index (χ4n) is 4.13. The Bertz CT molecular complexity index is 1420. The van der Waals surface area contributed by atoms with Gasteiger partial charge in [-0.05, 0) is 88.6 Å². The fourth-order valence-corrected chi connectivity index (χ4v) is 5.87. The van der Waals surface area contributed by atoms with Crippen LogP contribution < -0.4 is 9.62 Å². The van der Waals surface area contributed by atoms with Crippen LogP contribution in [0.15, 0.2) is 76.1 Å². The molecule has 0 aliphatic rings. The highest BCUT2D eigenvalue weighted by Gasteiger charge is 2.33. The van der Waals surface area contributed by atoms with Gasteiger partial charge in [0.25, 0.3) is 10.0 Å². The molecule has 3 aromatic carbocycles. The number of anilines is 1. The molecule has 0 heterocycles. The zero-order valence-electron chi connectivity index (χ0n) is 23.2. The van der Waals surface area contributed by atoms with Crippen molar-refractivity contribution in [1.29, 1.82) is 0 Å². The quantitative estimate of drug-likeness (QED) is 0.326. The third-order valence-electron chi connectivity index (χ3n) is 6.60. The number of halogens is 1. The van der Waals surface area contributed by atoms with E-state index in [2.05, 4.69) is 21.2 Å². The van der Waals surface area contributed by atoms with E-state index in [4.69, 9.17) is 0 Å². The third-order valence-corrected chi connectivity index (χ3v) is 8.90. The summed E-state index contributed by atoms with van der Waals surface area (Å²) in [5.41, 5.74) is 3.82. The van der Waals surface area contributed by atoms with Crippen LogP contribution in [0, 0.1) is 20.8 Å². The van der Waals surface area contributed by atoms with Gasteiger partial charge in [-0.3, -0.25) is 13.9 Å². The van der Waals surface area contributed by atoms with Crippen molar-refractivity contribution in [3.8, 4) is 0 Å². The van der Waals surface area contributed by atoms with Gasteiger partial charge in [-0.15, -0.1) is 0 Å². The molecule has 0 radical (unpaired) electrons. The van der Waals surface area contributed by atoms with E-state index in [0.29, 0.717) is 5.69 Å². The molecule has 3 aromatic rings. The number of benzene rings is 3. The van der Waals surface area contributed by atoms with Crippen LogP contribution >= 0.6 is 15.9 Å². The molecule has 39 heavy (non-hydrogen) atoms. The Hall–Kier alpha value is -3.17. The summed E-state index contributed by atoms with van der Waals surface area (Å²) in [5.74, 6) is -0.795. The Morgan fingerprint density at radius 2 is 1.51 bits per heavy atom. The minimum atomic E-state index is -4.10. The second-order valence-corrected chi connectivity index (χ2v) is 12.8. The lowest BCUT2D eigenvalue weighted by atomic mass is 10.1. The van der Waals surface area contributed by atoms with Crippen LogP contribution in [0.1, 0.15) is 43.0 Å². The maximum atomic E-state index is 14.0. The van der Waals surface area contributed by atoms with Crippen molar-refractivity contribution in [3.05, 3.63) is 93.5 Å². The van der Waals surface area contributed by atoms with Crippen molar-refractivity contribution < 1.29 is 18.0 Å². The van der Waals surface area contributed by atoms with E-state index < -0.39 is 28.5 Å². The molecule has 3 rings (SSSR count). The molecule has 1 atom stereocenters. The molecule has 208 valence electrons. The monoisotopic (exact) mass is 613 g/mol. The van der Waals surface area contributed by atoms with Crippen molar-refractivity contribution in [2.45, 2.75) is 65.1 Å². The minimum Gasteiger partial charge on any atom is -0.352 e. The number of hydrogen-bond donors (Lipinski definition) is 1. The summed E-state index contributed by atoms with van der Waals surface area (Å²) < 4.78 is 30.0. The lowest BCUT2D eigenvalue weighted by molar-refractivity contribution is -0.139. The summed E-state index contributed by atoms with van der Waals surface area (Å²) >= 11 is 3.42. The second-order valence-electron chi connectivity index (χ2n) is 10.0. The minimum absolute atomic E-state index is 0.0897. The van der Waals surface area contributed by atoms with Crippen LogP contribution in [-0.4, -0.2) is 43.8 Å². The number of aryl methyl sites for hydroxylation is 2. The molecule has 0 aromatic heterocycles. The second kappa shape index (κ2) is 12.8. The van der Waals surface area contributed by atoms with Gasteiger partial charge in [-0.2, -0.15) is 0 Å². The van der Waals surface area contributed by atoms with Crippen molar-refractivity contribution in [2.24, 2.45) is 0 Å². The number of sulfonamides is 1. The first kappa shape index (κ1) is 30.4. The molecule has 0 aliphatic carbocycles. The largest absolute Gasteiger partial charge is 0.352 e. The van der Waals surface area contributed by atoms with Gasteiger partial charge in [0.2, 0.25) is 11.8 Å². The molecule has 1 N–H and O–H groups in total. The Morgan fingerprint density at radius 3 is 2.10 bits per heavy atom. The number of hydrogen-bond acceptors (Lipinski definition) is 4. The Labute approximate surface area is 240 Å². The van der Waals surface area contributed by atoms with Gasteiger partial charge in [0.15, 0.2) is 0 Å². The van der Waals surface area contributed by atoms with Crippen LogP contribution in [0.25, 0.3) is 0 Å². The van der Waals surface area contributed by atoms with Crippen LogP contribution in [0.5, 0.6) is 0 Å². The Balaban J connectivity index is 2.07. The average molecular weight is 615 g/mol. The van der Waals surface area contributed by atoms with E-state index in [9.17, 15) is 18.0 Å². The fraction of sp³-hybridized carbons (Fsp3) is 0.333. The summed E-state index contributed by atoms with van der Waals surface area (Å²) in [5, 5.41) is 2.86. The molecular formula is C30H36BrN3O4S. The van der Waals surface area contributed by atoms with E-state index in [1.165, 1.54) is 4.90 Å². The Morgan fingerprint density at radius 1 is 0.897 bits per heavy atom. The number of nitrogens with zero attached hydrogens (tertiary/aromatic N) is 2. The molecule has 0 saturated heterocycles. The summed E-state index contributed by atoms with van der Waals surface area (Å²) in [6.45, 7) is 10.7. The zero-order valence-corrected chi connectivity index (χ0v) is 25.6. The highest BCUT2D eigenvalue weighted by atomic mass is 79.9. The van der Waals surface area contributed by atoms with Crippen LogP contribution in [0.3, 0.4) is 0 Å². The number of carbonyl (C=O) groups excluding carboxylic acids is 2. The molecule has 2 amide bonds. The predicted molar refractivity (Wildman–Crippen MR) is 159 cm³/mol. The van der Waals surface area contributed by atoms with E-state index in [-0.39, 0.29) is 23.4 Å². The number of carbonyl (C=O) groups is 2. The highest BCUT2D eigenvalue weighted by Crippen LogP contribution is 2.29. The third kappa shape index (κ3) is 7.48. The van der Waals surface area contributed by atoms with Gasteiger partial charge < -0.3 is 10.2 Å². The van der Waals surface area contributed by atoms with Gasteiger partial charge in [0.1, 0.15) is 12.6 Å². The molecule has 9 heteroatoms. The first-order valence-electron chi connectivity index (χ1n) is 12.8. The normalized spacial score (nSPS) is 12.2. The van der Waals surface area contributed by atoms with E-state index in [1.54, 1.807) is 43.3 Å². The van der Waals surface area contributed by atoms with Gasteiger partial charge in [-0.1, -0.05) is 57.9 Å². The SMILES string of the molecule is Cc1ccc(S(=O)(=O)N(CC(=O)N(Cc2ccc(Br)cc2)[C@H](C)C(=O)NC(C)C)c2cccc(C)c2C)cc1. The van der Waals surface area contributed by atoms with E-state index >= 15 is 0 Å². The number of rotatable bonds is 10. The maximum Gasteiger partial charge on any atom is 0.264 e. The zero-order chi connectivity index (χ0) is 28.9. The first-order chi connectivity index (χ1) is 18.3. The summed E-state index contributed by atoms with van der Waals surface area (Å²) in [6.07, 6.45) is 0. The molecule has 0 aliphatic heterocycles. The van der Waals surface area contributed by atoms with Gasteiger partial charge in [0.05, 0.1) is 10.6 Å². The standard InChI is InChI=1S/C30H36BrN3O4S/c1-20(2)32-30(36)24(6)33(18-25-12-14-26(31)15-13-25)29(35)19-34(28-9-7-8-22(4)23(28)5)39(37,38)27-16-10-21(3)11-17-27/h7-17,20,24H,18-19H2,1-6H3,(H,32,36)/t24-/m1/s1. The summed E-state index contributed by atoms with van der Waals surface area (Å²) in [6, 6.07) is 18.4. The van der Waals surface area contributed by atoms with Crippen molar-refractivity contribution in [3.63, 3.8) is 0 Å². The highest BCUT2D eigenvalue weighted by molar-refractivity contribution is 9.10. The molecule has 0 bridgehead atoms. The lowest BCUT2D eigenvalue weighted by Crippen LogP contribution is -2.52. The number of nitrogens with one attached hydrogen (secondary N) is 1. The van der Waals surface area contributed by atoms with Crippen LogP contribution in [-0.2, 0) is 26.2 Å². The van der Waals surface area contributed by atoms with Crippen molar-refractivity contribution in [2.75, 3.05) is 10.8 Å².